The molecule has 0 aliphatic carbocycles. The van der Waals surface area contributed by atoms with Crippen LogP contribution in [0.1, 0.15) is 32.4 Å². The number of hydrogen-bond acceptors (Lipinski definition) is 4. The summed E-state index contributed by atoms with van der Waals surface area (Å²) in [5.74, 6) is 2.95. The molecule has 0 amide bonds. The Morgan fingerprint density at radius 3 is 2.75 bits per heavy atom. The van der Waals surface area contributed by atoms with E-state index >= 15 is 0 Å². The molecule has 0 aliphatic heterocycles. The quantitative estimate of drug-likeness (QED) is 0.212. The number of guanidine groups is 1. The van der Waals surface area contributed by atoms with Gasteiger partial charge in [-0.05, 0) is 45.1 Å². The summed E-state index contributed by atoms with van der Waals surface area (Å²) in [7, 11) is 0. The van der Waals surface area contributed by atoms with Crippen molar-refractivity contribution >= 4 is 41.7 Å². The maximum absolute atomic E-state index is 5.54. The zero-order valence-corrected chi connectivity index (χ0v) is 18.2. The van der Waals surface area contributed by atoms with Gasteiger partial charge in [-0.1, -0.05) is 0 Å². The summed E-state index contributed by atoms with van der Waals surface area (Å²) in [5.41, 5.74) is 0. The molecule has 0 unspecified atom stereocenters. The lowest BCUT2D eigenvalue weighted by Crippen LogP contribution is -2.39. The minimum atomic E-state index is 0. The molecule has 0 spiro atoms. The molecule has 0 bridgehead atoms. The first-order valence-electron chi connectivity index (χ1n) is 8.37. The first kappa shape index (κ1) is 23.6. The molecule has 1 aromatic rings. The van der Waals surface area contributed by atoms with Crippen molar-refractivity contribution in [3.8, 4) is 0 Å². The first-order valence-corrected chi connectivity index (χ1v) is 9.77. The molecule has 0 saturated carbocycles. The van der Waals surface area contributed by atoms with Crippen LogP contribution in [0.25, 0.3) is 0 Å². The standard InChI is InChI=1S/C17H31N3O2S.HI/c1-15(2)21-12-5-4-9-18-17(20-11-14-23-3)19-10-8-16-7-6-13-22-16;/h6-7,13,15H,4-5,8-12,14H2,1-3H3,(H2,18,19,20);1H. The Kier molecular flexibility index (Phi) is 15.8. The monoisotopic (exact) mass is 469 g/mol. The Balaban J connectivity index is 0.00000529. The van der Waals surface area contributed by atoms with Crippen molar-refractivity contribution in [2.24, 2.45) is 4.99 Å². The van der Waals surface area contributed by atoms with Gasteiger partial charge in [0.25, 0.3) is 0 Å². The summed E-state index contributed by atoms with van der Waals surface area (Å²) in [5, 5.41) is 6.73. The van der Waals surface area contributed by atoms with Crippen molar-refractivity contribution in [2.75, 3.05) is 38.2 Å². The van der Waals surface area contributed by atoms with Crippen LogP contribution < -0.4 is 10.6 Å². The third-order valence-electron chi connectivity index (χ3n) is 3.12. The molecule has 140 valence electrons. The number of furan rings is 1. The third kappa shape index (κ3) is 12.9. The molecule has 0 saturated heterocycles. The fraction of sp³-hybridized carbons (Fsp3) is 0.706. The van der Waals surface area contributed by atoms with E-state index in [-0.39, 0.29) is 24.0 Å². The Morgan fingerprint density at radius 1 is 1.29 bits per heavy atom. The third-order valence-corrected chi connectivity index (χ3v) is 3.73. The van der Waals surface area contributed by atoms with Crippen molar-refractivity contribution < 1.29 is 9.15 Å². The number of halogens is 1. The van der Waals surface area contributed by atoms with Gasteiger partial charge in [0, 0.05) is 38.4 Å². The molecule has 1 aromatic heterocycles. The van der Waals surface area contributed by atoms with Gasteiger partial charge in [0.15, 0.2) is 5.96 Å². The van der Waals surface area contributed by atoms with Crippen LogP contribution >= 0.6 is 35.7 Å². The Hall–Kier alpha value is -0.410. The maximum Gasteiger partial charge on any atom is 0.191 e. The molecule has 1 heterocycles. The van der Waals surface area contributed by atoms with E-state index in [4.69, 9.17) is 9.15 Å². The summed E-state index contributed by atoms with van der Waals surface area (Å²) >= 11 is 1.83. The summed E-state index contributed by atoms with van der Waals surface area (Å²) in [6, 6.07) is 3.91. The Morgan fingerprint density at radius 2 is 2.08 bits per heavy atom. The predicted octanol–water partition coefficient (Wildman–Crippen LogP) is 3.54. The molecule has 0 fully saturated rings. The molecular formula is C17H32IN3O2S. The second kappa shape index (κ2) is 16.1. The lowest BCUT2D eigenvalue weighted by atomic mass is 10.3. The summed E-state index contributed by atoms with van der Waals surface area (Å²) < 4.78 is 10.9. The van der Waals surface area contributed by atoms with Crippen LogP contribution in [-0.4, -0.2) is 50.3 Å². The zero-order chi connectivity index (χ0) is 16.8. The Labute approximate surface area is 167 Å². The number of nitrogens with one attached hydrogen (secondary N) is 2. The van der Waals surface area contributed by atoms with Gasteiger partial charge >= 0.3 is 0 Å². The summed E-state index contributed by atoms with van der Waals surface area (Å²) in [4.78, 5) is 4.63. The second-order valence-corrected chi connectivity index (χ2v) is 6.52. The molecule has 0 radical (unpaired) electrons. The fourth-order valence-electron chi connectivity index (χ4n) is 1.93. The van der Waals surface area contributed by atoms with E-state index in [1.807, 2.05) is 23.9 Å². The van der Waals surface area contributed by atoms with E-state index < -0.39 is 0 Å². The van der Waals surface area contributed by atoms with E-state index in [0.717, 1.165) is 63.0 Å². The molecule has 0 aromatic carbocycles. The van der Waals surface area contributed by atoms with Crippen LogP contribution in [-0.2, 0) is 11.2 Å². The van der Waals surface area contributed by atoms with E-state index in [1.165, 1.54) is 0 Å². The SMILES string of the molecule is CSCCNC(=NCCCCOC(C)C)NCCc1ccco1.I. The van der Waals surface area contributed by atoms with Gasteiger partial charge in [-0.2, -0.15) is 11.8 Å². The largest absolute Gasteiger partial charge is 0.469 e. The van der Waals surface area contributed by atoms with Gasteiger partial charge in [0.1, 0.15) is 5.76 Å². The lowest BCUT2D eigenvalue weighted by Gasteiger charge is -2.12. The molecule has 7 heteroatoms. The van der Waals surface area contributed by atoms with E-state index in [0.29, 0.717) is 6.10 Å². The zero-order valence-electron chi connectivity index (χ0n) is 15.0. The van der Waals surface area contributed by atoms with Gasteiger partial charge in [0.2, 0.25) is 0 Å². The van der Waals surface area contributed by atoms with Crippen LogP contribution in [0, 0.1) is 0 Å². The number of rotatable bonds is 12. The predicted molar refractivity (Wildman–Crippen MR) is 115 cm³/mol. The van der Waals surface area contributed by atoms with Gasteiger partial charge in [-0.15, -0.1) is 24.0 Å². The minimum Gasteiger partial charge on any atom is -0.469 e. The number of aliphatic imine (C=N–C) groups is 1. The van der Waals surface area contributed by atoms with E-state index in [1.54, 1.807) is 6.26 Å². The van der Waals surface area contributed by atoms with Crippen molar-refractivity contribution in [2.45, 2.75) is 39.2 Å². The molecule has 1 rings (SSSR count). The number of nitrogens with zero attached hydrogens (tertiary/aromatic N) is 1. The number of hydrogen-bond donors (Lipinski definition) is 2. The Bertz CT molecular complexity index is 414. The van der Waals surface area contributed by atoms with Gasteiger partial charge in [0.05, 0.1) is 12.4 Å². The highest BCUT2D eigenvalue weighted by Gasteiger charge is 2.00. The van der Waals surface area contributed by atoms with Crippen LogP contribution in [0.4, 0.5) is 0 Å². The topological polar surface area (TPSA) is 58.8 Å². The van der Waals surface area contributed by atoms with Gasteiger partial charge in [-0.25, -0.2) is 0 Å². The number of ether oxygens (including phenoxy) is 1. The van der Waals surface area contributed by atoms with Gasteiger partial charge in [-0.3, -0.25) is 4.99 Å². The minimum absolute atomic E-state index is 0. The van der Waals surface area contributed by atoms with Crippen molar-refractivity contribution in [3.63, 3.8) is 0 Å². The van der Waals surface area contributed by atoms with Crippen molar-refractivity contribution in [1.29, 1.82) is 0 Å². The second-order valence-electron chi connectivity index (χ2n) is 5.53. The molecule has 2 N–H and O–H groups in total. The normalized spacial score (nSPS) is 11.4. The van der Waals surface area contributed by atoms with Crippen LogP contribution in [0.3, 0.4) is 0 Å². The number of unbranched alkanes of at least 4 members (excludes halogenated alkanes) is 1. The van der Waals surface area contributed by atoms with Crippen LogP contribution in [0.15, 0.2) is 27.8 Å². The van der Waals surface area contributed by atoms with Crippen LogP contribution in [0.2, 0.25) is 0 Å². The summed E-state index contributed by atoms with van der Waals surface area (Å²) in [6.07, 6.45) is 7.08. The van der Waals surface area contributed by atoms with Crippen molar-refractivity contribution in [3.05, 3.63) is 24.2 Å². The average molecular weight is 469 g/mol. The van der Waals surface area contributed by atoms with E-state index in [2.05, 4.69) is 35.7 Å². The first-order chi connectivity index (χ1) is 11.2. The van der Waals surface area contributed by atoms with E-state index in [9.17, 15) is 0 Å². The molecule has 0 atom stereocenters. The molecule has 5 nitrogen and oxygen atoms in total. The molecular weight excluding hydrogens is 437 g/mol. The van der Waals surface area contributed by atoms with Crippen LogP contribution in [0.5, 0.6) is 0 Å². The summed E-state index contributed by atoms with van der Waals surface area (Å²) in [6.45, 7) is 7.49. The van der Waals surface area contributed by atoms with Gasteiger partial charge < -0.3 is 19.8 Å². The smallest absolute Gasteiger partial charge is 0.191 e. The highest BCUT2D eigenvalue weighted by Crippen LogP contribution is 1.99. The highest BCUT2D eigenvalue weighted by molar-refractivity contribution is 14.0. The molecule has 0 aliphatic rings. The average Bonchev–Trinajstić information content (AvgIpc) is 3.03. The highest BCUT2D eigenvalue weighted by atomic mass is 127. The van der Waals surface area contributed by atoms with Crippen molar-refractivity contribution in [1.82, 2.24) is 10.6 Å². The molecule has 24 heavy (non-hydrogen) atoms. The fourth-order valence-corrected chi connectivity index (χ4v) is 2.23. The maximum atomic E-state index is 5.54. The lowest BCUT2D eigenvalue weighted by molar-refractivity contribution is 0.0763. The number of thioether (sulfide) groups is 1.